The van der Waals surface area contributed by atoms with E-state index in [0.717, 1.165) is 59.0 Å². The molecule has 0 aliphatic heterocycles. The van der Waals surface area contributed by atoms with Gasteiger partial charge in [0.1, 0.15) is 17.3 Å². The number of benzene rings is 3. The number of hydrogen-bond donors (Lipinski definition) is 0. The molecular formula is C47H56N4O. The van der Waals surface area contributed by atoms with Crippen LogP contribution in [0.3, 0.4) is 0 Å². The molecule has 0 saturated heterocycles. The third kappa shape index (κ3) is 7.07. The number of aromatic nitrogens is 4. The Morgan fingerprint density at radius 2 is 1.67 bits per heavy atom. The fourth-order valence-electron chi connectivity index (χ4n) is 8.34. The molecule has 1 aliphatic rings. The molecular weight excluding hydrogens is 637 g/mol. The molecule has 270 valence electrons. The van der Waals surface area contributed by atoms with Crippen molar-refractivity contribution in [2.75, 3.05) is 0 Å². The summed E-state index contributed by atoms with van der Waals surface area (Å²) in [6.07, 6.45) is 12.3. The molecule has 6 aromatic rings. The highest BCUT2D eigenvalue weighted by Crippen LogP contribution is 2.43. The SMILES string of the molecule is CCCCc1ccnc(-n2c3ccccc3c3ccc(Oc4cc(C(C)C)cc(-n5nc(C)c([C@H]6C(C)=CCCC6C)c5CCC(C)C)c4)cc32)c1. The van der Waals surface area contributed by atoms with Gasteiger partial charge in [0.15, 0.2) is 0 Å². The van der Waals surface area contributed by atoms with E-state index < -0.39 is 0 Å². The van der Waals surface area contributed by atoms with Crippen molar-refractivity contribution in [3.05, 3.63) is 119 Å². The number of fused-ring (bicyclic) bond motifs is 3. The van der Waals surface area contributed by atoms with Crippen LogP contribution >= 0.6 is 0 Å². The van der Waals surface area contributed by atoms with Crippen LogP contribution in [0.2, 0.25) is 0 Å². The third-order valence-corrected chi connectivity index (χ3v) is 11.2. The van der Waals surface area contributed by atoms with Crippen LogP contribution in [0.15, 0.2) is 90.6 Å². The fraction of sp³-hybridized carbons (Fsp3) is 0.404. The monoisotopic (exact) mass is 692 g/mol. The van der Waals surface area contributed by atoms with Gasteiger partial charge in [-0.25, -0.2) is 9.67 Å². The van der Waals surface area contributed by atoms with Crippen LogP contribution in [0.5, 0.6) is 11.5 Å². The smallest absolute Gasteiger partial charge is 0.137 e. The predicted molar refractivity (Wildman–Crippen MR) is 218 cm³/mol. The van der Waals surface area contributed by atoms with Crippen molar-refractivity contribution in [3.8, 4) is 23.0 Å². The van der Waals surface area contributed by atoms with E-state index in [4.69, 9.17) is 14.8 Å². The Morgan fingerprint density at radius 3 is 2.44 bits per heavy atom. The van der Waals surface area contributed by atoms with E-state index in [1.165, 1.54) is 64.4 Å². The molecule has 0 fully saturated rings. The summed E-state index contributed by atoms with van der Waals surface area (Å²) in [5.41, 5.74) is 11.3. The maximum Gasteiger partial charge on any atom is 0.137 e. The summed E-state index contributed by atoms with van der Waals surface area (Å²) in [5.74, 6) is 4.52. The van der Waals surface area contributed by atoms with Crippen LogP contribution < -0.4 is 4.74 Å². The Balaban J connectivity index is 1.33. The van der Waals surface area contributed by atoms with Gasteiger partial charge in [-0.2, -0.15) is 5.10 Å². The largest absolute Gasteiger partial charge is 0.457 e. The van der Waals surface area contributed by atoms with E-state index in [-0.39, 0.29) is 0 Å². The number of unbranched alkanes of at least 4 members (excludes halogenated alkanes) is 1. The first kappa shape index (κ1) is 35.7. The highest BCUT2D eigenvalue weighted by atomic mass is 16.5. The van der Waals surface area contributed by atoms with Gasteiger partial charge in [-0.15, -0.1) is 0 Å². The third-order valence-electron chi connectivity index (χ3n) is 11.2. The minimum absolute atomic E-state index is 0.331. The molecule has 0 bridgehead atoms. The molecule has 1 unspecified atom stereocenters. The first-order valence-corrected chi connectivity index (χ1v) is 19.7. The maximum atomic E-state index is 6.84. The summed E-state index contributed by atoms with van der Waals surface area (Å²) in [6.45, 7) is 18.4. The van der Waals surface area contributed by atoms with Crippen molar-refractivity contribution in [1.29, 1.82) is 0 Å². The second-order valence-electron chi connectivity index (χ2n) is 15.9. The summed E-state index contributed by atoms with van der Waals surface area (Å²) in [6, 6.07) is 26.2. The average molecular weight is 693 g/mol. The number of hydrogen-bond acceptors (Lipinski definition) is 3. The number of ether oxygens (including phenoxy) is 1. The van der Waals surface area contributed by atoms with E-state index in [9.17, 15) is 0 Å². The molecule has 3 heterocycles. The highest BCUT2D eigenvalue weighted by Gasteiger charge is 2.31. The highest BCUT2D eigenvalue weighted by molar-refractivity contribution is 6.09. The first-order chi connectivity index (χ1) is 25.1. The van der Waals surface area contributed by atoms with Gasteiger partial charge in [0.2, 0.25) is 0 Å². The van der Waals surface area contributed by atoms with Crippen molar-refractivity contribution in [1.82, 2.24) is 19.3 Å². The van der Waals surface area contributed by atoms with Gasteiger partial charge in [0.05, 0.1) is 22.4 Å². The van der Waals surface area contributed by atoms with Gasteiger partial charge < -0.3 is 4.74 Å². The van der Waals surface area contributed by atoms with Gasteiger partial charge in [-0.1, -0.05) is 77.8 Å². The Labute approximate surface area is 310 Å². The van der Waals surface area contributed by atoms with Crippen LogP contribution in [0, 0.1) is 18.8 Å². The van der Waals surface area contributed by atoms with Crippen LogP contribution in [-0.2, 0) is 12.8 Å². The molecule has 52 heavy (non-hydrogen) atoms. The topological polar surface area (TPSA) is 44.9 Å². The zero-order chi connectivity index (χ0) is 36.5. The Hall–Kier alpha value is -4.64. The zero-order valence-electron chi connectivity index (χ0n) is 32.5. The number of aryl methyl sites for hydroxylation is 2. The average Bonchev–Trinajstić information content (AvgIpc) is 3.63. The molecule has 3 aromatic carbocycles. The minimum atomic E-state index is 0.331. The first-order valence-electron chi connectivity index (χ1n) is 19.7. The van der Waals surface area contributed by atoms with Crippen molar-refractivity contribution in [2.24, 2.45) is 11.8 Å². The zero-order valence-corrected chi connectivity index (χ0v) is 32.5. The lowest BCUT2D eigenvalue weighted by molar-refractivity contribution is 0.445. The summed E-state index contributed by atoms with van der Waals surface area (Å²) in [4.78, 5) is 4.88. The van der Waals surface area contributed by atoms with Gasteiger partial charge in [0.25, 0.3) is 0 Å². The molecule has 0 spiro atoms. The quantitative estimate of drug-likeness (QED) is 0.120. The molecule has 5 heteroatoms. The molecule has 2 atom stereocenters. The molecule has 5 nitrogen and oxygen atoms in total. The molecule has 0 amide bonds. The van der Waals surface area contributed by atoms with E-state index in [2.05, 4.69) is 144 Å². The Kier molecular flexibility index (Phi) is 10.4. The molecule has 3 aromatic heterocycles. The summed E-state index contributed by atoms with van der Waals surface area (Å²) in [5, 5.41) is 7.71. The van der Waals surface area contributed by atoms with Crippen molar-refractivity contribution >= 4 is 21.8 Å². The van der Waals surface area contributed by atoms with Crippen molar-refractivity contribution in [2.45, 2.75) is 112 Å². The van der Waals surface area contributed by atoms with Crippen molar-refractivity contribution in [3.63, 3.8) is 0 Å². The maximum absolute atomic E-state index is 6.84. The van der Waals surface area contributed by atoms with Crippen LogP contribution in [0.4, 0.5) is 0 Å². The molecule has 0 saturated carbocycles. The lowest BCUT2D eigenvalue weighted by atomic mass is 9.75. The standard InChI is InChI=1S/C47H56N4O/c1-9-10-16-35-23-24-48-45(25-35)50-42-18-12-11-17-40(42)41-21-20-38(29-44(41)50)52-39-27-36(31(4)5)26-37(28-39)51-43(22-19-30(2)3)47(34(8)49-51)46-32(6)14-13-15-33(46)7/h11-12,14,17-18,20-21,23-31,33,46H,9-10,13,15-16,19,22H2,1-8H3/t33?,46-/m0/s1. The summed E-state index contributed by atoms with van der Waals surface area (Å²) < 4.78 is 11.4. The lowest BCUT2D eigenvalue weighted by Crippen LogP contribution is -2.18. The van der Waals surface area contributed by atoms with E-state index >= 15 is 0 Å². The van der Waals surface area contributed by atoms with Crippen molar-refractivity contribution < 1.29 is 4.74 Å². The number of para-hydroxylation sites is 1. The summed E-state index contributed by atoms with van der Waals surface area (Å²) in [7, 11) is 0. The number of allylic oxidation sites excluding steroid dienone is 2. The number of rotatable bonds is 12. The van der Waals surface area contributed by atoms with Crippen LogP contribution in [0.25, 0.3) is 33.3 Å². The molecule has 0 radical (unpaired) electrons. The van der Waals surface area contributed by atoms with Gasteiger partial charge in [-0.05, 0) is 124 Å². The number of nitrogens with zero attached hydrogens (tertiary/aromatic N) is 4. The van der Waals surface area contributed by atoms with Gasteiger partial charge in [0, 0.05) is 46.3 Å². The second-order valence-corrected chi connectivity index (χ2v) is 15.9. The van der Waals surface area contributed by atoms with E-state index in [0.29, 0.717) is 23.7 Å². The van der Waals surface area contributed by atoms with Gasteiger partial charge in [-0.3, -0.25) is 4.57 Å². The molecule has 0 N–H and O–H groups in total. The molecule has 1 aliphatic carbocycles. The van der Waals surface area contributed by atoms with E-state index in [1.54, 1.807) is 0 Å². The second kappa shape index (κ2) is 15.1. The predicted octanol–water partition coefficient (Wildman–Crippen LogP) is 13.0. The molecule has 7 rings (SSSR count). The lowest BCUT2D eigenvalue weighted by Gasteiger charge is -2.30. The summed E-state index contributed by atoms with van der Waals surface area (Å²) >= 11 is 0. The van der Waals surface area contributed by atoms with E-state index in [1.807, 2.05) is 6.20 Å². The van der Waals surface area contributed by atoms with Gasteiger partial charge >= 0.3 is 0 Å². The Morgan fingerprint density at radius 1 is 0.865 bits per heavy atom. The fourth-order valence-corrected chi connectivity index (χ4v) is 8.34. The Bertz CT molecular complexity index is 2230. The number of pyridine rings is 1. The normalized spacial score (nSPS) is 16.4. The van der Waals surface area contributed by atoms with Crippen LogP contribution in [0.1, 0.15) is 120 Å². The van der Waals surface area contributed by atoms with Crippen LogP contribution in [-0.4, -0.2) is 19.3 Å². The minimum Gasteiger partial charge on any atom is -0.457 e.